The summed E-state index contributed by atoms with van der Waals surface area (Å²) in [4.78, 5) is 2.26. The second-order valence-electron chi connectivity index (χ2n) is 9.37. The molecule has 200 valence electrons. The van der Waals surface area contributed by atoms with Crippen molar-refractivity contribution in [3.05, 3.63) is 33.3 Å². The van der Waals surface area contributed by atoms with Gasteiger partial charge in [0.15, 0.2) is 0 Å². The summed E-state index contributed by atoms with van der Waals surface area (Å²) in [7, 11) is -1.34. The van der Waals surface area contributed by atoms with E-state index in [0.29, 0.717) is 69.1 Å². The van der Waals surface area contributed by atoms with Gasteiger partial charge in [-0.2, -0.15) is 0 Å². The Morgan fingerprint density at radius 2 is 1.74 bits per heavy atom. The molecule has 35 heavy (non-hydrogen) atoms. The molecular weight excluding hydrogens is 513 g/mol. The fraction of sp³-hybridized carbons (Fsp3) is 0.750. The van der Waals surface area contributed by atoms with Crippen molar-refractivity contribution in [2.75, 3.05) is 66.3 Å². The number of nitrogens with one attached hydrogen (secondary N) is 1. The molecule has 0 amide bonds. The second kappa shape index (κ2) is 14.4. The lowest BCUT2D eigenvalue weighted by Gasteiger charge is -2.40. The summed E-state index contributed by atoms with van der Waals surface area (Å²) in [5.74, 6) is 0.491. The van der Waals surface area contributed by atoms with Crippen LogP contribution in [0.3, 0.4) is 0 Å². The Hall–Kier alpha value is -0.490. The molecule has 0 bridgehead atoms. The molecule has 1 aliphatic heterocycles. The van der Waals surface area contributed by atoms with E-state index in [2.05, 4.69) is 16.7 Å². The Balaban J connectivity index is 1.45. The lowest BCUT2D eigenvalue weighted by atomic mass is 9.74. The monoisotopic (exact) mass is 551 g/mol. The molecule has 2 aliphatic rings. The number of hydrogen-bond acceptors (Lipinski definition) is 7. The van der Waals surface area contributed by atoms with Crippen LogP contribution >= 0.6 is 23.2 Å². The zero-order valence-electron chi connectivity index (χ0n) is 20.5. The molecule has 8 nitrogen and oxygen atoms in total. The summed E-state index contributed by atoms with van der Waals surface area (Å²) in [6, 6.07) is 3.81. The van der Waals surface area contributed by atoms with E-state index in [-0.39, 0.29) is 18.4 Å². The first-order chi connectivity index (χ1) is 16.8. The van der Waals surface area contributed by atoms with Crippen LogP contribution in [0.5, 0.6) is 0 Å². The van der Waals surface area contributed by atoms with Crippen LogP contribution in [0.1, 0.15) is 42.7 Å². The van der Waals surface area contributed by atoms with Crippen molar-refractivity contribution in [2.24, 2.45) is 11.7 Å². The summed E-state index contributed by atoms with van der Waals surface area (Å²) in [6.07, 6.45) is 3.22. The van der Waals surface area contributed by atoms with Crippen LogP contribution < -0.4 is 10.5 Å². The quantitative estimate of drug-likeness (QED) is 0.342. The van der Waals surface area contributed by atoms with E-state index in [1.807, 2.05) is 6.07 Å². The summed E-state index contributed by atoms with van der Waals surface area (Å²) in [6.45, 7) is 5.07. The zero-order chi connectivity index (χ0) is 25.3. The molecular formula is C24H39Cl2N3O5S. The average molecular weight is 553 g/mol. The summed E-state index contributed by atoms with van der Waals surface area (Å²) in [5.41, 5.74) is 7.64. The van der Waals surface area contributed by atoms with Crippen molar-refractivity contribution >= 4 is 33.2 Å². The Morgan fingerprint density at radius 3 is 2.46 bits per heavy atom. The molecule has 1 aliphatic carbocycles. The fourth-order valence-corrected chi connectivity index (χ4v) is 7.27. The fourth-order valence-electron chi connectivity index (χ4n) is 5.12. The van der Waals surface area contributed by atoms with Gasteiger partial charge in [0.25, 0.3) is 0 Å². The third-order valence-corrected chi connectivity index (χ3v) is 9.23. The highest BCUT2D eigenvalue weighted by atomic mass is 35.5. The molecule has 0 radical (unpaired) electrons. The van der Waals surface area contributed by atoms with Crippen molar-refractivity contribution in [2.45, 2.75) is 43.4 Å². The maximum absolute atomic E-state index is 13.0. The van der Waals surface area contributed by atoms with Gasteiger partial charge in [-0.05, 0) is 61.4 Å². The predicted octanol–water partition coefficient (Wildman–Crippen LogP) is 3.01. The van der Waals surface area contributed by atoms with Gasteiger partial charge in [-0.3, -0.25) is 0 Å². The van der Waals surface area contributed by atoms with Gasteiger partial charge in [0, 0.05) is 36.2 Å². The Bertz CT molecular complexity index is 905. The molecule has 1 aromatic carbocycles. The van der Waals surface area contributed by atoms with Gasteiger partial charge in [0.05, 0.1) is 44.9 Å². The number of sulfonamides is 1. The maximum atomic E-state index is 13.0. The van der Waals surface area contributed by atoms with Crippen LogP contribution in [0.25, 0.3) is 0 Å². The van der Waals surface area contributed by atoms with Crippen LogP contribution in [-0.2, 0) is 30.8 Å². The van der Waals surface area contributed by atoms with E-state index >= 15 is 0 Å². The number of hydrogen-bond donors (Lipinski definition) is 2. The third kappa shape index (κ3) is 8.79. The lowest BCUT2D eigenvalue weighted by molar-refractivity contribution is 0.0171. The molecule has 0 aromatic heterocycles. The minimum absolute atomic E-state index is 0.224. The number of halogens is 2. The minimum atomic E-state index is -3.43. The Labute approximate surface area is 219 Å². The predicted molar refractivity (Wildman–Crippen MR) is 140 cm³/mol. The zero-order valence-corrected chi connectivity index (χ0v) is 22.8. The minimum Gasteiger partial charge on any atom is -0.378 e. The van der Waals surface area contributed by atoms with E-state index in [1.165, 1.54) is 5.56 Å². The summed E-state index contributed by atoms with van der Waals surface area (Å²) >= 11 is 12.8. The molecule has 1 fully saturated rings. The number of benzene rings is 1. The van der Waals surface area contributed by atoms with E-state index in [9.17, 15) is 8.42 Å². The van der Waals surface area contributed by atoms with Gasteiger partial charge in [0.1, 0.15) is 0 Å². The highest BCUT2D eigenvalue weighted by Crippen LogP contribution is 2.44. The maximum Gasteiger partial charge on any atom is 0.214 e. The van der Waals surface area contributed by atoms with Crippen LogP contribution in [0.15, 0.2) is 12.1 Å². The highest BCUT2D eigenvalue weighted by Gasteiger charge is 2.38. The van der Waals surface area contributed by atoms with Crippen molar-refractivity contribution in [3.63, 3.8) is 0 Å². The number of rotatable bonds is 14. The van der Waals surface area contributed by atoms with Crippen molar-refractivity contribution in [1.29, 1.82) is 0 Å². The Morgan fingerprint density at radius 1 is 1.06 bits per heavy atom. The molecule has 3 rings (SSSR count). The average Bonchev–Trinajstić information content (AvgIpc) is 2.82. The van der Waals surface area contributed by atoms with E-state index < -0.39 is 15.3 Å². The molecule has 1 aromatic rings. The lowest BCUT2D eigenvalue weighted by Crippen LogP contribution is -2.42. The van der Waals surface area contributed by atoms with E-state index in [1.54, 1.807) is 6.07 Å². The Kier molecular flexibility index (Phi) is 12.0. The van der Waals surface area contributed by atoms with Gasteiger partial charge in [-0.25, -0.2) is 13.1 Å². The van der Waals surface area contributed by atoms with E-state index in [0.717, 1.165) is 31.5 Å². The van der Waals surface area contributed by atoms with Gasteiger partial charge in [0.2, 0.25) is 10.0 Å². The first-order valence-corrected chi connectivity index (χ1v) is 14.7. The molecule has 1 heterocycles. The number of nitrogens with two attached hydrogens (primary N) is 1. The molecule has 0 spiro atoms. The topological polar surface area (TPSA) is 103 Å². The van der Waals surface area contributed by atoms with Crippen LogP contribution in [0.2, 0.25) is 10.0 Å². The second-order valence-corrected chi connectivity index (χ2v) is 12.3. The van der Waals surface area contributed by atoms with Gasteiger partial charge < -0.3 is 24.8 Å². The van der Waals surface area contributed by atoms with Crippen molar-refractivity contribution in [3.8, 4) is 0 Å². The van der Waals surface area contributed by atoms with Crippen molar-refractivity contribution < 1.29 is 22.6 Å². The number of likely N-dealkylation sites (N-methyl/N-ethyl adjacent to an activating group) is 1. The number of ether oxygens (including phenoxy) is 3. The largest absolute Gasteiger partial charge is 0.378 e. The van der Waals surface area contributed by atoms with E-state index in [4.69, 9.17) is 43.1 Å². The molecule has 3 atom stereocenters. The molecule has 3 N–H and O–H groups in total. The third-order valence-electron chi connectivity index (χ3n) is 6.76. The van der Waals surface area contributed by atoms with Crippen LogP contribution in [0.4, 0.5) is 0 Å². The SMILES string of the molecule is CN1Cc2c(Cl)cc(Cl)cc2[C@H](C2CCCC(S(=O)(=O)NCCOCCOCCOCCN)C2)C1. The molecule has 1 saturated carbocycles. The standard InChI is InChI=1S/C24H39Cl2N3O5S/c1-29-16-22(21-14-19(25)15-24(26)23(21)17-29)18-3-2-4-20(13-18)35(30,31)28-6-8-33-10-12-34-11-9-32-7-5-27/h14-15,18,20,22,28H,2-13,16-17,27H2,1H3/t18?,20?,22-/m0/s1. The number of nitrogens with zero attached hydrogens (tertiary/aromatic N) is 1. The summed E-state index contributed by atoms with van der Waals surface area (Å²) in [5, 5.41) is 0.926. The molecule has 11 heteroatoms. The molecule has 0 saturated heterocycles. The normalized spacial score (nSPS) is 23.4. The van der Waals surface area contributed by atoms with Gasteiger partial charge in [-0.15, -0.1) is 0 Å². The highest BCUT2D eigenvalue weighted by molar-refractivity contribution is 7.90. The first-order valence-electron chi connectivity index (χ1n) is 12.4. The van der Waals surface area contributed by atoms with Crippen LogP contribution in [0, 0.1) is 5.92 Å². The van der Waals surface area contributed by atoms with Gasteiger partial charge >= 0.3 is 0 Å². The van der Waals surface area contributed by atoms with Crippen molar-refractivity contribution in [1.82, 2.24) is 9.62 Å². The smallest absolute Gasteiger partial charge is 0.214 e. The van der Waals surface area contributed by atoms with Gasteiger partial charge in [-0.1, -0.05) is 29.6 Å². The molecule has 2 unspecified atom stereocenters. The number of fused-ring (bicyclic) bond motifs is 1. The van der Waals surface area contributed by atoms with Crippen LogP contribution in [-0.4, -0.2) is 84.9 Å². The summed E-state index contributed by atoms with van der Waals surface area (Å²) < 4.78 is 44.9. The first kappa shape index (κ1) is 29.1.